The van der Waals surface area contributed by atoms with Crippen LogP contribution in [0, 0.1) is 0 Å². The minimum Gasteiger partial charge on any atom is -0.358 e. The molecule has 1 aliphatic heterocycles. The molecule has 0 fully saturated rings. The summed E-state index contributed by atoms with van der Waals surface area (Å²) in [4.78, 5) is 0. The van der Waals surface area contributed by atoms with E-state index in [2.05, 4.69) is 65.7 Å². The van der Waals surface area contributed by atoms with E-state index in [1.807, 2.05) is 6.07 Å². The van der Waals surface area contributed by atoms with Crippen LogP contribution in [-0.4, -0.2) is 3.92 Å². The molecule has 78 valence electrons. The van der Waals surface area contributed by atoms with E-state index in [4.69, 9.17) is 0 Å². The topological polar surface area (TPSA) is 12.0 Å². The molecule has 1 nitrogen and oxygen atoms in total. The van der Waals surface area contributed by atoms with Gasteiger partial charge in [-0.25, -0.2) is 0 Å². The molecule has 2 heteroatoms. The highest BCUT2D eigenvalue weighted by molar-refractivity contribution is 14.1. The van der Waals surface area contributed by atoms with Crippen molar-refractivity contribution >= 4 is 28.3 Å². The Balaban J connectivity index is 2.37. The van der Waals surface area contributed by atoms with E-state index in [-0.39, 0.29) is 0 Å². The Hall–Kier alpha value is -0.770. The van der Waals surface area contributed by atoms with Crippen LogP contribution >= 0.6 is 22.6 Å². The molecular weight excluding hydrogens is 297 g/mol. The van der Waals surface area contributed by atoms with Gasteiger partial charge in [0.25, 0.3) is 0 Å². The third-order valence-corrected chi connectivity index (χ3v) is 3.83. The van der Waals surface area contributed by atoms with Gasteiger partial charge in [-0.05, 0) is 24.5 Å². The van der Waals surface area contributed by atoms with Gasteiger partial charge in [-0.15, -0.1) is 0 Å². The lowest BCUT2D eigenvalue weighted by Gasteiger charge is -2.26. The maximum absolute atomic E-state index is 4.05. The van der Waals surface area contributed by atoms with E-state index < -0.39 is 0 Å². The van der Waals surface area contributed by atoms with Gasteiger partial charge >= 0.3 is 0 Å². The highest BCUT2D eigenvalue weighted by Crippen LogP contribution is 2.30. The van der Waals surface area contributed by atoms with Gasteiger partial charge in [-0.1, -0.05) is 59.5 Å². The molecule has 15 heavy (non-hydrogen) atoms. The molecule has 0 amide bonds. The molecule has 1 heterocycles. The molecule has 0 aliphatic carbocycles. The summed E-state index contributed by atoms with van der Waals surface area (Å²) in [7, 11) is 0. The molecule has 1 unspecified atom stereocenters. The second kappa shape index (κ2) is 4.39. The monoisotopic (exact) mass is 311 g/mol. The molecule has 2 rings (SSSR count). The van der Waals surface area contributed by atoms with Crippen molar-refractivity contribution in [2.24, 2.45) is 0 Å². The Kier molecular flexibility index (Phi) is 3.14. The normalized spacial score (nSPS) is 21.5. The molecule has 1 aromatic rings. The smallest absolute Gasteiger partial charge is 0.0542 e. The van der Waals surface area contributed by atoms with Gasteiger partial charge < -0.3 is 5.32 Å². The number of alkyl halides is 1. The molecule has 1 N–H and O–H groups in total. The van der Waals surface area contributed by atoms with Crippen molar-refractivity contribution in [2.75, 3.05) is 0 Å². The van der Waals surface area contributed by atoms with Crippen molar-refractivity contribution in [2.45, 2.75) is 17.3 Å². The van der Waals surface area contributed by atoms with Crippen LogP contribution in [0.15, 0.2) is 48.2 Å². The van der Waals surface area contributed by atoms with Crippen LogP contribution in [0.4, 0.5) is 0 Å². The molecule has 0 spiro atoms. The van der Waals surface area contributed by atoms with Crippen molar-refractivity contribution in [3.8, 4) is 0 Å². The number of nitrogens with one attached hydrogen (secondary N) is 1. The average molecular weight is 311 g/mol. The highest BCUT2D eigenvalue weighted by atomic mass is 127. The number of hydrogen-bond acceptors (Lipinski definition) is 1. The molecule has 0 saturated carbocycles. The lowest BCUT2D eigenvalue weighted by atomic mass is 9.99. The average Bonchev–Trinajstić information content (AvgIpc) is 2.25. The van der Waals surface area contributed by atoms with E-state index in [1.165, 1.54) is 16.8 Å². The van der Waals surface area contributed by atoms with E-state index >= 15 is 0 Å². The van der Waals surface area contributed by atoms with E-state index in [0.717, 1.165) is 12.1 Å². The van der Waals surface area contributed by atoms with Crippen LogP contribution in [-0.2, 0) is 0 Å². The van der Waals surface area contributed by atoms with Crippen LogP contribution in [0.2, 0.25) is 0 Å². The summed E-state index contributed by atoms with van der Waals surface area (Å²) in [5.41, 5.74) is 5.00. The van der Waals surface area contributed by atoms with Crippen LogP contribution in [0.5, 0.6) is 0 Å². The predicted octanol–water partition coefficient (Wildman–Crippen LogP) is 3.73. The van der Waals surface area contributed by atoms with Gasteiger partial charge in [0.2, 0.25) is 0 Å². The Labute approximate surface area is 104 Å². The first-order valence-corrected chi connectivity index (χ1v) is 6.28. The fourth-order valence-corrected chi connectivity index (χ4v) is 2.58. The van der Waals surface area contributed by atoms with Crippen molar-refractivity contribution in [1.29, 1.82) is 0 Å². The minimum absolute atomic E-state index is 0.509. The number of hydrogen-bond donors (Lipinski definition) is 1. The quantitative estimate of drug-likeness (QED) is 0.615. The first kappa shape index (κ1) is 10.7. The molecular formula is C13H14IN. The zero-order chi connectivity index (χ0) is 10.8. The van der Waals surface area contributed by atoms with Gasteiger partial charge in [0.15, 0.2) is 0 Å². The van der Waals surface area contributed by atoms with Gasteiger partial charge in [0.1, 0.15) is 0 Å². The summed E-state index contributed by atoms with van der Waals surface area (Å²) >= 11 is 2.43. The van der Waals surface area contributed by atoms with Crippen LogP contribution in [0.1, 0.15) is 18.9 Å². The molecule has 0 radical (unpaired) electrons. The van der Waals surface area contributed by atoms with E-state index in [1.54, 1.807) is 0 Å². The van der Waals surface area contributed by atoms with E-state index in [9.17, 15) is 0 Å². The minimum atomic E-state index is 0.509. The zero-order valence-corrected chi connectivity index (χ0v) is 10.9. The molecule has 1 atom stereocenters. The second-order valence-electron chi connectivity index (χ2n) is 3.84. The fraction of sp³-hybridized carbons (Fsp3) is 0.231. The lowest BCUT2D eigenvalue weighted by Crippen LogP contribution is -2.24. The second-order valence-corrected chi connectivity index (χ2v) is 5.35. The summed E-state index contributed by atoms with van der Waals surface area (Å²) in [6.45, 7) is 6.24. The predicted molar refractivity (Wildman–Crippen MR) is 73.7 cm³/mol. The SMILES string of the molecule is C=C1NC(c2ccccc2)=C(C)CC1I. The molecule has 1 aliphatic rings. The largest absolute Gasteiger partial charge is 0.358 e. The zero-order valence-electron chi connectivity index (χ0n) is 8.76. The third-order valence-electron chi connectivity index (χ3n) is 2.64. The number of rotatable bonds is 1. The fourth-order valence-electron chi connectivity index (χ4n) is 1.76. The van der Waals surface area contributed by atoms with Crippen molar-refractivity contribution in [3.63, 3.8) is 0 Å². The number of allylic oxidation sites excluding steroid dienone is 2. The van der Waals surface area contributed by atoms with Gasteiger partial charge in [0.05, 0.1) is 3.92 Å². The Morgan fingerprint density at radius 3 is 2.67 bits per heavy atom. The molecule has 0 saturated heterocycles. The Bertz CT molecular complexity index is 406. The summed E-state index contributed by atoms with van der Waals surface area (Å²) in [5, 5.41) is 3.41. The highest BCUT2D eigenvalue weighted by Gasteiger charge is 2.19. The summed E-state index contributed by atoms with van der Waals surface area (Å²) in [6, 6.07) is 10.4. The Morgan fingerprint density at radius 2 is 2.00 bits per heavy atom. The van der Waals surface area contributed by atoms with Crippen LogP contribution in [0.25, 0.3) is 5.70 Å². The summed E-state index contributed by atoms with van der Waals surface area (Å²) in [5.74, 6) is 0. The standard InChI is InChI=1S/C13H14IN/c1-9-8-12(14)10(2)15-13(9)11-6-4-3-5-7-11/h3-7,12,15H,2,8H2,1H3. The van der Waals surface area contributed by atoms with Gasteiger partial charge in [-0.3, -0.25) is 0 Å². The van der Waals surface area contributed by atoms with Crippen LogP contribution < -0.4 is 5.32 Å². The molecule has 1 aromatic carbocycles. The van der Waals surface area contributed by atoms with Crippen molar-refractivity contribution in [1.82, 2.24) is 5.32 Å². The van der Waals surface area contributed by atoms with Crippen molar-refractivity contribution in [3.05, 3.63) is 53.7 Å². The third kappa shape index (κ3) is 2.25. The van der Waals surface area contributed by atoms with E-state index in [0.29, 0.717) is 3.92 Å². The summed E-state index contributed by atoms with van der Waals surface area (Å²) in [6.07, 6.45) is 1.09. The Morgan fingerprint density at radius 1 is 1.33 bits per heavy atom. The first-order valence-electron chi connectivity index (χ1n) is 5.03. The van der Waals surface area contributed by atoms with Crippen molar-refractivity contribution < 1.29 is 0 Å². The van der Waals surface area contributed by atoms with Gasteiger partial charge in [-0.2, -0.15) is 0 Å². The summed E-state index contributed by atoms with van der Waals surface area (Å²) < 4.78 is 0.509. The maximum atomic E-state index is 4.05. The maximum Gasteiger partial charge on any atom is 0.0542 e. The first-order chi connectivity index (χ1) is 7.18. The molecule has 0 aromatic heterocycles. The van der Waals surface area contributed by atoms with Gasteiger partial charge in [0, 0.05) is 11.4 Å². The van der Waals surface area contributed by atoms with Crippen LogP contribution in [0.3, 0.4) is 0 Å². The lowest BCUT2D eigenvalue weighted by molar-refractivity contribution is 0.854. The molecule has 0 bridgehead atoms. The number of benzene rings is 1. The number of halogens is 1.